The second-order valence-electron chi connectivity index (χ2n) is 6.07. The summed E-state index contributed by atoms with van der Waals surface area (Å²) < 4.78 is 5.35. The summed E-state index contributed by atoms with van der Waals surface area (Å²) in [4.78, 5) is 29.1. The first-order valence-electron chi connectivity index (χ1n) is 8.72. The van der Waals surface area contributed by atoms with E-state index in [4.69, 9.17) is 9.57 Å². The molecule has 0 bridgehead atoms. The monoisotopic (exact) mass is 354 g/mol. The molecule has 2 N–H and O–H groups in total. The Morgan fingerprint density at radius 2 is 1.73 bits per heavy atom. The Morgan fingerprint density at radius 3 is 2.42 bits per heavy atom. The van der Waals surface area contributed by atoms with Crippen molar-refractivity contribution in [1.82, 2.24) is 10.8 Å². The predicted molar refractivity (Wildman–Crippen MR) is 97.0 cm³/mol. The summed E-state index contributed by atoms with van der Waals surface area (Å²) in [6.07, 6.45) is 2.36. The van der Waals surface area contributed by atoms with Crippen LogP contribution in [0.15, 0.2) is 54.6 Å². The van der Waals surface area contributed by atoms with Gasteiger partial charge >= 0.3 is 0 Å². The van der Waals surface area contributed by atoms with Crippen molar-refractivity contribution in [3.05, 3.63) is 60.2 Å². The van der Waals surface area contributed by atoms with Crippen LogP contribution in [0.1, 0.15) is 29.6 Å². The van der Waals surface area contributed by atoms with Gasteiger partial charge in [-0.05, 0) is 36.1 Å². The lowest BCUT2D eigenvalue weighted by molar-refractivity contribution is -0.200. The quantitative estimate of drug-likeness (QED) is 0.782. The van der Waals surface area contributed by atoms with Crippen molar-refractivity contribution in [2.75, 3.05) is 13.2 Å². The molecule has 3 rings (SSSR count). The van der Waals surface area contributed by atoms with E-state index in [2.05, 4.69) is 10.8 Å². The van der Waals surface area contributed by atoms with Crippen molar-refractivity contribution >= 4 is 11.8 Å². The normalized spacial score (nSPS) is 16.7. The van der Waals surface area contributed by atoms with Crippen molar-refractivity contribution in [2.45, 2.75) is 25.6 Å². The molecule has 0 radical (unpaired) electrons. The Kier molecular flexibility index (Phi) is 6.35. The van der Waals surface area contributed by atoms with Crippen LogP contribution in [-0.2, 0) is 14.4 Å². The number of rotatable bonds is 6. The van der Waals surface area contributed by atoms with Gasteiger partial charge in [0.15, 0.2) is 6.29 Å². The van der Waals surface area contributed by atoms with Gasteiger partial charge in [0.1, 0.15) is 0 Å². The molecule has 136 valence electrons. The van der Waals surface area contributed by atoms with Crippen LogP contribution in [0.25, 0.3) is 11.1 Å². The van der Waals surface area contributed by atoms with E-state index in [9.17, 15) is 9.59 Å². The predicted octanol–water partition coefficient (Wildman–Crippen LogP) is 2.66. The van der Waals surface area contributed by atoms with Crippen LogP contribution in [0.2, 0.25) is 0 Å². The van der Waals surface area contributed by atoms with E-state index in [1.165, 1.54) is 0 Å². The number of nitrogens with one attached hydrogen (secondary N) is 2. The Hall–Kier alpha value is -2.70. The molecule has 0 saturated carbocycles. The molecule has 1 unspecified atom stereocenters. The van der Waals surface area contributed by atoms with Gasteiger partial charge < -0.3 is 10.1 Å². The molecule has 1 heterocycles. The third-order valence-corrected chi connectivity index (χ3v) is 4.11. The summed E-state index contributed by atoms with van der Waals surface area (Å²) in [5.74, 6) is -0.734. The number of hydrogen-bond acceptors (Lipinski definition) is 4. The van der Waals surface area contributed by atoms with E-state index in [-0.39, 0.29) is 12.5 Å². The van der Waals surface area contributed by atoms with E-state index < -0.39 is 12.2 Å². The van der Waals surface area contributed by atoms with Gasteiger partial charge in [-0.3, -0.25) is 9.59 Å². The van der Waals surface area contributed by atoms with Crippen molar-refractivity contribution in [1.29, 1.82) is 0 Å². The Balaban J connectivity index is 1.45. The van der Waals surface area contributed by atoms with Crippen molar-refractivity contribution < 1.29 is 19.2 Å². The van der Waals surface area contributed by atoms with Crippen LogP contribution in [0.5, 0.6) is 0 Å². The maximum Gasteiger partial charge on any atom is 0.263 e. The van der Waals surface area contributed by atoms with Gasteiger partial charge in [-0.1, -0.05) is 42.5 Å². The van der Waals surface area contributed by atoms with Crippen LogP contribution >= 0.6 is 0 Å². The van der Waals surface area contributed by atoms with Gasteiger partial charge in [-0.15, -0.1) is 0 Å². The highest BCUT2D eigenvalue weighted by Gasteiger charge is 2.16. The largest absolute Gasteiger partial charge is 0.350 e. The van der Waals surface area contributed by atoms with Crippen molar-refractivity contribution in [2.24, 2.45) is 0 Å². The molecule has 1 aliphatic rings. The van der Waals surface area contributed by atoms with Gasteiger partial charge in [-0.25, -0.2) is 10.3 Å². The molecule has 1 aliphatic heterocycles. The topological polar surface area (TPSA) is 76.7 Å². The fraction of sp³-hybridized carbons (Fsp3) is 0.300. The molecule has 1 atom stereocenters. The Bertz CT molecular complexity index is 725. The highest BCUT2D eigenvalue weighted by Crippen LogP contribution is 2.19. The fourth-order valence-electron chi connectivity index (χ4n) is 2.68. The van der Waals surface area contributed by atoms with Crippen LogP contribution in [0.3, 0.4) is 0 Å². The molecule has 0 spiro atoms. The lowest BCUT2D eigenvalue weighted by atomic mass is 10.0. The highest BCUT2D eigenvalue weighted by atomic mass is 16.8. The maximum absolute atomic E-state index is 12.1. The number of hydroxylamine groups is 1. The molecule has 2 aromatic rings. The molecule has 6 nitrogen and oxygen atoms in total. The Labute approximate surface area is 152 Å². The zero-order valence-electron chi connectivity index (χ0n) is 14.4. The smallest absolute Gasteiger partial charge is 0.263 e. The number of hydrogen-bond donors (Lipinski definition) is 2. The number of benzene rings is 2. The summed E-state index contributed by atoms with van der Waals surface area (Å²) in [6, 6.07) is 17.2. The van der Waals surface area contributed by atoms with E-state index >= 15 is 0 Å². The summed E-state index contributed by atoms with van der Waals surface area (Å²) >= 11 is 0. The van der Waals surface area contributed by atoms with Gasteiger partial charge in [0.25, 0.3) is 11.8 Å². The van der Waals surface area contributed by atoms with E-state index in [0.717, 1.165) is 30.4 Å². The summed E-state index contributed by atoms with van der Waals surface area (Å²) in [7, 11) is 0. The number of carbonyl (C=O) groups is 2. The van der Waals surface area contributed by atoms with Gasteiger partial charge in [0.2, 0.25) is 0 Å². The zero-order chi connectivity index (χ0) is 18.2. The molecular formula is C20H22N2O4. The first-order chi connectivity index (χ1) is 12.7. The minimum absolute atomic E-state index is 0.161. The molecule has 26 heavy (non-hydrogen) atoms. The van der Waals surface area contributed by atoms with Gasteiger partial charge in [-0.2, -0.15) is 0 Å². The number of carbonyl (C=O) groups excluding carboxylic acids is 2. The number of ether oxygens (including phenoxy) is 1. The highest BCUT2D eigenvalue weighted by molar-refractivity contribution is 5.96. The standard InChI is InChI=1S/C20H22N2O4/c23-18(22-26-19-8-4-5-13-25-19)14-21-20(24)17-11-9-16(10-12-17)15-6-2-1-3-7-15/h1-3,6-7,9-12,19H,4-5,8,13-14H2,(H,21,24)(H,22,23). The van der Waals surface area contributed by atoms with Gasteiger partial charge in [0.05, 0.1) is 6.54 Å². The minimum atomic E-state index is -0.423. The molecule has 2 amide bonds. The molecule has 0 aromatic heterocycles. The molecule has 2 aromatic carbocycles. The molecule has 6 heteroatoms. The second-order valence-corrected chi connectivity index (χ2v) is 6.07. The third-order valence-electron chi connectivity index (χ3n) is 4.11. The molecule has 1 saturated heterocycles. The fourth-order valence-corrected chi connectivity index (χ4v) is 2.68. The SMILES string of the molecule is O=C(CNC(=O)c1ccc(-c2ccccc2)cc1)NOC1CCCCO1. The lowest BCUT2D eigenvalue weighted by Gasteiger charge is -2.22. The molecule has 1 fully saturated rings. The van der Waals surface area contributed by atoms with Crippen molar-refractivity contribution in [3.63, 3.8) is 0 Å². The average Bonchev–Trinajstić information content (AvgIpc) is 2.72. The van der Waals surface area contributed by atoms with E-state index in [1.807, 2.05) is 42.5 Å². The van der Waals surface area contributed by atoms with E-state index in [0.29, 0.717) is 12.2 Å². The van der Waals surface area contributed by atoms with Gasteiger partial charge in [0, 0.05) is 18.6 Å². The third kappa shape index (κ3) is 5.15. The van der Waals surface area contributed by atoms with Crippen LogP contribution in [0.4, 0.5) is 0 Å². The summed E-state index contributed by atoms with van der Waals surface area (Å²) in [5.41, 5.74) is 4.92. The first kappa shape index (κ1) is 18.1. The minimum Gasteiger partial charge on any atom is -0.350 e. The zero-order valence-corrected chi connectivity index (χ0v) is 14.4. The lowest BCUT2D eigenvalue weighted by Crippen LogP contribution is -2.39. The summed E-state index contributed by atoms with van der Waals surface area (Å²) in [5, 5.41) is 2.57. The molecule has 0 aliphatic carbocycles. The summed E-state index contributed by atoms with van der Waals surface area (Å²) in [6.45, 7) is 0.474. The number of amides is 2. The van der Waals surface area contributed by atoms with Crippen molar-refractivity contribution in [3.8, 4) is 11.1 Å². The molecular weight excluding hydrogens is 332 g/mol. The second kappa shape index (κ2) is 9.12. The van der Waals surface area contributed by atoms with Crippen LogP contribution < -0.4 is 10.8 Å². The van der Waals surface area contributed by atoms with E-state index in [1.54, 1.807) is 12.1 Å². The maximum atomic E-state index is 12.1. The average molecular weight is 354 g/mol. The Morgan fingerprint density at radius 1 is 1.00 bits per heavy atom. The van der Waals surface area contributed by atoms with Crippen LogP contribution in [0, 0.1) is 0 Å². The first-order valence-corrected chi connectivity index (χ1v) is 8.72. The van der Waals surface area contributed by atoms with Crippen LogP contribution in [-0.4, -0.2) is 31.3 Å².